The minimum absolute atomic E-state index is 0.219. The van der Waals surface area contributed by atoms with Crippen LogP contribution in [-0.4, -0.2) is 23.4 Å². The molecule has 1 N–H and O–H groups in total. The molecule has 0 aliphatic heterocycles. The van der Waals surface area contributed by atoms with Gasteiger partial charge in [-0.3, -0.25) is 4.79 Å². The van der Waals surface area contributed by atoms with Crippen LogP contribution in [0.25, 0.3) is 11.8 Å². The molecule has 0 bridgehead atoms. The Bertz CT molecular complexity index is 1270. The lowest BCUT2D eigenvalue weighted by Crippen LogP contribution is -2.42. The lowest BCUT2D eigenvalue weighted by atomic mass is 10.1. The fourth-order valence-corrected chi connectivity index (χ4v) is 3.15. The second-order valence-corrected chi connectivity index (χ2v) is 9.23. The summed E-state index contributed by atoms with van der Waals surface area (Å²) in [6.07, 6.45) is 2.75. The fraction of sp³-hybridized carbons (Fsp3) is 0.138. The van der Waals surface area contributed by atoms with Crippen molar-refractivity contribution in [3.8, 4) is 0 Å². The summed E-state index contributed by atoms with van der Waals surface area (Å²) < 4.78 is 11.2. The number of ether oxygens (including phenoxy) is 2. The topological polar surface area (TPSA) is 81.7 Å². The van der Waals surface area contributed by atoms with Crippen LogP contribution in [0.4, 0.5) is 0 Å². The van der Waals surface area contributed by atoms with E-state index in [0.29, 0.717) is 10.6 Å². The zero-order valence-electron chi connectivity index (χ0n) is 20.2. The Labute approximate surface area is 215 Å². The Kier molecular flexibility index (Phi) is 8.81. The first kappa shape index (κ1) is 26.4. The first-order valence-electron chi connectivity index (χ1n) is 11.2. The summed E-state index contributed by atoms with van der Waals surface area (Å²) in [5.41, 5.74) is 0.688. The summed E-state index contributed by atoms with van der Waals surface area (Å²) in [4.78, 5) is 39.0. The van der Waals surface area contributed by atoms with Gasteiger partial charge >= 0.3 is 11.9 Å². The Morgan fingerprint density at radius 2 is 1.36 bits per heavy atom. The number of nitrogens with one attached hydrogen (secondary N) is 1. The first-order valence-corrected chi connectivity index (χ1v) is 11.5. The van der Waals surface area contributed by atoms with Gasteiger partial charge in [0.1, 0.15) is 0 Å². The van der Waals surface area contributed by atoms with Gasteiger partial charge in [0.05, 0.1) is 5.56 Å². The summed E-state index contributed by atoms with van der Waals surface area (Å²) in [6.45, 7) is 5.33. The van der Waals surface area contributed by atoms with Gasteiger partial charge < -0.3 is 14.8 Å². The zero-order chi connectivity index (χ0) is 26.1. The van der Waals surface area contributed by atoms with Crippen LogP contribution in [0.5, 0.6) is 0 Å². The van der Waals surface area contributed by atoms with Gasteiger partial charge in [0, 0.05) is 22.2 Å². The lowest BCUT2D eigenvalue weighted by Gasteiger charge is -2.22. The monoisotopic (exact) mass is 503 g/mol. The summed E-state index contributed by atoms with van der Waals surface area (Å²) in [5, 5.41) is 3.20. The van der Waals surface area contributed by atoms with Gasteiger partial charge in [0.25, 0.3) is 5.91 Å². The largest absolute Gasteiger partial charge is 0.418 e. The third-order valence-electron chi connectivity index (χ3n) is 4.63. The van der Waals surface area contributed by atoms with Crippen molar-refractivity contribution in [1.29, 1.82) is 0 Å². The fourth-order valence-electron chi connectivity index (χ4n) is 3.02. The van der Waals surface area contributed by atoms with Gasteiger partial charge in [-0.2, -0.15) is 0 Å². The number of amides is 1. The highest BCUT2D eigenvalue weighted by molar-refractivity contribution is 6.30. The molecule has 0 aromatic heterocycles. The standard InChI is InChI=1S/C29H26ClNO5/c1-29(2,3)31-27(33)26(35-24(32)19-14-20-10-6-4-7-11-20)25(21-15-17-23(30)18-16-21)36-28(34)22-12-8-5-9-13-22/h4-19H,1-3H3,(H,31,33)/b19-14?,26-25-. The maximum Gasteiger partial charge on any atom is 0.343 e. The average molecular weight is 504 g/mol. The maximum absolute atomic E-state index is 13.3. The molecule has 0 unspecified atom stereocenters. The molecule has 0 heterocycles. The highest BCUT2D eigenvalue weighted by Crippen LogP contribution is 2.26. The smallest absolute Gasteiger partial charge is 0.343 e. The van der Waals surface area contributed by atoms with Crippen LogP contribution in [0.1, 0.15) is 42.3 Å². The predicted octanol–water partition coefficient (Wildman–Crippen LogP) is 6.04. The van der Waals surface area contributed by atoms with Crippen LogP contribution in [0.15, 0.2) is 96.8 Å². The molecule has 7 heteroatoms. The molecule has 0 saturated carbocycles. The van der Waals surface area contributed by atoms with Gasteiger partial charge in [0.2, 0.25) is 5.76 Å². The van der Waals surface area contributed by atoms with Gasteiger partial charge in [-0.1, -0.05) is 60.1 Å². The summed E-state index contributed by atoms with van der Waals surface area (Å²) in [6, 6.07) is 23.7. The van der Waals surface area contributed by atoms with Crippen molar-refractivity contribution in [3.05, 3.63) is 118 Å². The third kappa shape index (κ3) is 7.96. The van der Waals surface area contributed by atoms with Crippen LogP contribution in [-0.2, 0) is 19.1 Å². The molecule has 3 aromatic rings. The van der Waals surface area contributed by atoms with Crippen molar-refractivity contribution in [2.75, 3.05) is 0 Å². The van der Waals surface area contributed by atoms with Crippen molar-refractivity contribution in [2.45, 2.75) is 26.3 Å². The van der Waals surface area contributed by atoms with Gasteiger partial charge in [-0.25, -0.2) is 9.59 Å². The molecule has 0 aliphatic carbocycles. The minimum Gasteiger partial charge on any atom is -0.418 e. The molecule has 0 atom stereocenters. The number of halogens is 1. The Morgan fingerprint density at radius 3 is 1.94 bits per heavy atom. The molecule has 1 amide bonds. The predicted molar refractivity (Wildman–Crippen MR) is 140 cm³/mol. The number of carbonyl (C=O) groups is 3. The van der Waals surface area contributed by atoms with Gasteiger partial charge in [-0.05, 0) is 68.8 Å². The molecule has 0 aliphatic rings. The Hall–Kier alpha value is -4.16. The molecule has 0 fully saturated rings. The summed E-state index contributed by atoms with van der Waals surface area (Å²) in [5.74, 6) is -2.95. The zero-order valence-corrected chi connectivity index (χ0v) is 20.9. The van der Waals surface area contributed by atoms with E-state index in [9.17, 15) is 14.4 Å². The van der Waals surface area contributed by atoms with Crippen LogP contribution in [0, 0.1) is 0 Å². The van der Waals surface area contributed by atoms with Crippen molar-refractivity contribution < 1.29 is 23.9 Å². The highest BCUT2D eigenvalue weighted by Gasteiger charge is 2.28. The normalized spacial score (nSPS) is 12.0. The molecule has 0 radical (unpaired) electrons. The van der Waals surface area contributed by atoms with E-state index in [1.165, 1.54) is 6.08 Å². The Morgan fingerprint density at radius 1 is 0.778 bits per heavy atom. The average Bonchev–Trinajstić information content (AvgIpc) is 2.85. The van der Waals surface area contributed by atoms with Crippen LogP contribution in [0.3, 0.4) is 0 Å². The summed E-state index contributed by atoms with van der Waals surface area (Å²) in [7, 11) is 0. The van der Waals surface area contributed by atoms with E-state index >= 15 is 0 Å². The quantitative estimate of drug-likeness (QED) is 0.241. The van der Waals surface area contributed by atoms with Crippen LogP contribution < -0.4 is 5.32 Å². The van der Waals surface area contributed by atoms with Crippen molar-refractivity contribution in [2.24, 2.45) is 0 Å². The number of benzene rings is 3. The second kappa shape index (κ2) is 12.0. The molecule has 184 valence electrons. The molecule has 3 aromatic carbocycles. The molecular formula is C29H26ClNO5. The van der Waals surface area contributed by atoms with Crippen LogP contribution in [0.2, 0.25) is 5.02 Å². The second-order valence-electron chi connectivity index (χ2n) is 8.79. The van der Waals surface area contributed by atoms with E-state index in [-0.39, 0.29) is 11.3 Å². The number of hydrogen-bond acceptors (Lipinski definition) is 5. The lowest BCUT2D eigenvalue weighted by molar-refractivity contribution is -0.138. The van der Waals surface area contributed by atoms with Gasteiger partial charge in [-0.15, -0.1) is 0 Å². The number of carbonyl (C=O) groups excluding carboxylic acids is 3. The van der Waals surface area contributed by atoms with E-state index in [1.807, 2.05) is 30.3 Å². The van der Waals surface area contributed by atoms with Crippen LogP contribution >= 0.6 is 11.6 Å². The number of esters is 2. The first-order chi connectivity index (χ1) is 17.1. The van der Waals surface area contributed by atoms with Crippen molar-refractivity contribution >= 4 is 41.3 Å². The minimum atomic E-state index is -0.819. The van der Waals surface area contributed by atoms with E-state index in [0.717, 1.165) is 5.56 Å². The third-order valence-corrected chi connectivity index (χ3v) is 4.88. The maximum atomic E-state index is 13.3. The number of rotatable bonds is 7. The van der Waals surface area contributed by atoms with E-state index in [4.69, 9.17) is 21.1 Å². The molecule has 36 heavy (non-hydrogen) atoms. The summed E-state index contributed by atoms with van der Waals surface area (Å²) >= 11 is 6.03. The molecule has 6 nitrogen and oxygen atoms in total. The van der Waals surface area contributed by atoms with Crippen molar-refractivity contribution in [3.63, 3.8) is 0 Å². The van der Waals surface area contributed by atoms with E-state index < -0.39 is 29.1 Å². The molecule has 3 rings (SSSR count). The molecule has 0 saturated heterocycles. The molecule has 0 spiro atoms. The number of hydrogen-bond donors (Lipinski definition) is 1. The van der Waals surface area contributed by atoms with E-state index in [2.05, 4.69) is 5.32 Å². The Balaban J connectivity index is 2.06. The molecular weight excluding hydrogens is 478 g/mol. The SMILES string of the molecule is CC(C)(C)NC(=O)/C(OC(=O)C=Cc1ccccc1)=C(/OC(=O)c1ccccc1)c1ccc(Cl)cc1. The van der Waals surface area contributed by atoms with E-state index in [1.54, 1.807) is 81.4 Å². The van der Waals surface area contributed by atoms with Gasteiger partial charge in [0.15, 0.2) is 5.76 Å². The highest BCUT2D eigenvalue weighted by atomic mass is 35.5. The van der Waals surface area contributed by atoms with Crippen molar-refractivity contribution in [1.82, 2.24) is 5.32 Å².